The van der Waals surface area contributed by atoms with Crippen molar-refractivity contribution in [3.05, 3.63) is 56.0 Å². The number of carboxylic acid groups (broad SMARTS) is 1. The standard InChI is InChI=1S/C38H57N7O9S/c1-9-23(4)32(42-34(47)29-12-10-11-17-43(29)7)36(48)44(8)30(22(2)3)20-31(54-38(51)39-6)35-41-28(21-55-35)33(46)40-26(18-24(5)37(49)50)19-25-13-15-27(16-14-25)45(52)53/h13-16,21-24,26,29-32H,9-12,17-20H2,1-8H3,(H,39,51)(H,40,46)(H,42,47)(H,49,50)/t23-,24-,26+,29+,30+,31+,32-/m0/s1. The van der Waals surface area contributed by atoms with Crippen molar-refractivity contribution in [2.24, 2.45) is 17.8 Å². The molecule has 0 bridgehead atoms. The summed E-state index contributed by atoms with van der Waals surface area (Å²) in [5.74, 6) is -3.10. The number of nitrogens with zero attached hydrogens (tertiary/aromatic N) is 4. The zero-order valence-electron chi connectivity index (χ0n) is 33.1. The van der Waals surface area contributed by atoms with Crippen molar-refractivity contribution in [3.8, 4) is 0 Å². The van der Waals surface area contributed by atoms with Gasteiger partial charge in [0.25, 0.3) is 11.6 Å². The quantitative estimate of drug-likeness (QED) is 0.112. The van der Waals surface area contributed by atoms with Gasteiger partial charge in [-0.2, -0.15) is 0 Å². The Labute approximate surface area is 326 Å². The van der Waals surface area contributed by atoms with Crippen LogP contribution in [0.25, 0.3) is 0 Å². The average Bonchev–Trinajstić information content (AvgIpc) is 3.65. The number of aromatic nitrogens is 1. The van der Waals surface area contributed by atoms with Crippen molar-refractivity contribution in [1.29, 1.82) is 0 Å². The molecule has 0 radical (unpaired) electrons. The summed E-state index contributed by atoms with van der Waals surface area (Å²) < 4.78 is 5.78. The van der Waals surface area contributed by atoms with Crippen LogP contribution >= 0.6 is 11.3 Å². The Hall–Kier alpha value is -4.64. The lowest BCUT2D eigenvalue weighted by Gasteiger charge is -2.38. The van der Waals surface area contributed by atoms with Gasteiger partial charge in [-0.3, -0.25) is 34.2 Å². The number of likely N-dealkylation sites (N-methyl/N-ethyl adjacent to an activating group) is 2. The SMILES string of the molecule is CC[C@H](C)[C@H](NC(=O)[C@H]1CCCCN1C)C(=O)N(C)[C@H](C[C@@H](OC(=O)NC)c1nc(C(=O)N[C@@H](Cc2ccc([N+](=O)[O-])cc2)C[C@H](C)C(=O)O)cs1)C(C)C. The zero-order valence-corrected chi connectivity index (χ0v) is 33.9. The van der Waals surface area contributed by atoms with Crippen LogP contribution < -0.4 is 16.0 Å². The molecule has 2 heterocycles. The van der Waals surface area contributed by atoms with Crippen LogP contribution in [0.15, 0.2) is 29.6 Å². The van der Waals surface area contributed by atoms with E-state index in [-0.39, 0.29) is 60.3 Å². The van der Waals surface area contributed by atoms with Gasteiger partial charge in [-0.15, -0.1) is 11.3 Å². The van der Waals surface area contributed by atoms with E-state index in [2.05, 4.69) is 20.9 Å². The molecule has 2 aromatic rings. The average molecular weight is 788 g/mol. The molecule has 55 heavy (non-hydrogen) atoms. The number of carbonyl (C=O) groups is 5. The number of carbonyl (C=O) groups excluding carboxylic acids is 4. The number of likely N-dealkylation sites (tertiary alicyclic amines) is 1. The molecule has 7 atom stereocenters. The monoisotopic (exact) mass is 787 g/mol. The van der Waals surface area contributed by atoms with E-state index in [0.29, 0.717) is 17.0 Å². The number of rotatable bonds is 19. The molecule has 16 nitrogen and oxygen atoms in total. The fraction of sp³-hybridized carbons (Fsp3) is 0.632. The Balaban J connectivity index is 1.85. The van der Waals surface area contributed by atoms with Gasteiger partial charge in [-0.1, -0.05) is 59.6 Å². The van der Waals surface area contributed by atoms with Gasteiger partial charge in [-0.25, -0.2) is 9.78 Å². The van der Waals surface area contributed by atoms with Gasteiger partial charge in [-0.05, 0) is 56.7 Å². The molecule has 0 spiro atoms. The van der Waals surface area contributed by atoms with Gasteiger partial charge in [0, 0.05) is 50.1 Å². The minimum atomic E-state index is -1.04. The summed E-state index contributed by atoms with van der Waals surface area (Å²) >= 11 is 1.11. The second kappa shape index (κ2) is 20.9. The highest BCUT2D eigenvalue weighted by molar-refractivity contribution is 7.09. The number of aliphatic carboxylic acids is 1. The fourth-order valence-electron chi connectivity index (χ4n) is 6.76. The number of carboxylic acids is 1. The zero-order chi connectivity index (χ0) is 41.0. The minimum absolute atomic E-state index is 0.0277. The Kier molecular flexibility index (Phi) is 17.0. The van der Waals surface area contributed by atoms with E-state index in [9.17, 15) is 39.2 Å². The van der Waals surface area contributed by atoms with E-state index in [0.717, 1.165) is 37.1 Å². The molecule has 17 heteroatoms. The third-order valence-electron chi connectivity index (χ3n) is 10.4. The highest BCUT2D eigenvalue weighted by atomic mass is 32.1. The van der Waals surface area contributed by atoms with E-state index >= 15 is 0 Å². The smallest absolute Gasteiger partial charge is 0.407 e. The van der Waals surface area contributed by atoms with Crippen molar-refractivity contribution in [1.82, 2.24) is 30.7 Å². The number of non-ortho nitro benzene ring substituents is 1. The van der Waals surface area contributed by atoms with Crippen LogP contribution in [0.2, 0.25) is 0 Å². The molecule has 1 aliphatic rings. The first-order valence-corrected chi connectivity index (χ1v) is 19.7. The molecule has 0 unspecified atom stereocenters. The molecule has 0 aliphatic carbocycles. The van der Waals surface area contributed by atoms with Crippen molar-refractivity contribution < 1.29 is 38.7 Å². The van der Waals surface area contributed by atoms with Crippen LogP contribution in [0.5, 0.6) is 0 Å². The number of piperidine rings is 1. The number of hydrogen-bond acceptors (Lipinski definition) is 11. The largest absolute Gasteiger partial charge is 0.481 e. The number of nitro benzene ring substituents is 1. The summed E-state index contributed by atoms with van der Waals surface area (Å²) in [6.45, 7) is 10.1. The molecule has 1 fully saturated rings. The van der Waals surface area contributed by atoms with Crippen LogP contribution in [-0.2, 0) is 25.5 Å². The van der Waals surface area contributed by atoms with Crippen molar-refractivity contribution >= 4 is 46.8 Å². The summed E-state index contributed by atoms with van der Waals surface area (Å²) in [6.07, 6.45) is 2.12. The summed E-state index contributed by atoms with van der Waals surface area (Å²) in [5.41, 5.74) is 0.605. The van der Waals surface area contributed by atoms with Gasteiger partial charge < -0.3 is 30.7 Å². The first-order chi connectivity index (χ1) is 26.0. The van der Waals surface area contributed by atoms with Crippen LogP contribution in [0.1, 0.15) is 100 Å². The van der Waals surface area contributed by atoms with Gasteiger partial charge in [0.15, 0.2) is 6.10 Å². The van der Waals surface area contributed by atoms with Crippen molar-refractivity contribution in [3.63, 3.8) is 0 Å². The molecule has 3 rings (SSSR count). The topological polar surface area (TPSA) is 213 Å². The first-order valence-electron chi connectivity index (χ1n) is 18.8. The van der Waals surface area contributed by atoms with E-state index in [1.165, 1.54) is 31.5 Å². The molecular formula is C38H57N7O9S. The normalized spacial score (nSPS) is 17.9. The summed E-state index contributed by atoms with van der Waals surface area (Å²) in [4.78, 5) is 84.3. The molecule has 1 saturated heterocycles. The van der Waals surface area contributed by atoms with E-state index in [1.807, 2.05) is 39.6 Å². The van der Waals surface area contributed by atoms with Crippen LogP contribution in [-0.4, -0.2) is 106 Å². The summed E-state index contributed by atoms with van der Waals surface area (Å²) in [7, 11) is 5.02. The minimum Gasteiger partial charge on any atom is -0.481 e. The molecule has 0 saturated carbocycles. The molecular weight excluding hydrogens is 731 g/mol. The number of amides is 4. The molecule has 304 valence electrons. The lowest BCUT2D eigenvalue weighted by molar-refractivity contribution is -0.384. The van der Waals surface area contributed by atoms with Crippen LogP contribution in [0.3, 0.4) is 0 Å². The predicted octanol–water partition coefficient (Wildman–Crippen LogP) is 4.79. The number of nitrogens with one attached hydrogen (secondary N) is 3. The number of ether oxygens (including phenoxy) is 1. The third kappa shape index (κ3) is 12.7. The van der Waals surface area contributed by atoms with Crippen molar-refractivity contribution in [2.75, 3.05) is 27.7 Å². The van der Waals surface area contributed by atoms with Gasteiger partial charge in [0.1, 0.15) is 16.7 Å². The summed E-state index contributed by atoms with van der Waals surface area (Å²) in [6, 6.07) is 3.63. The van der Waals surface area contributed by atoms with Gasteiger partial charge in [0.05, 0.1) is 16.9 Å². The number of alkyl carbamates (subject to hydrolysis) is 1. The highest BCUT2D eigenvalue weighted by Gasteiger charge is 2.37. The molecule has 4 N–H and O–H groups in total. The molecule has 1 aromatic heterocycles. The van der Waals surface area contributed by atoms with E-state index in [4.69, 9.17) is 4.74 Å². The maximum absolute atomic E-state index is 14.2. The maximum Gasteiger partial charge on any atom is 0.407 e. The Morgan fingerprint density at radius 2 is 1.76 bits per heavy atom. The Bertz CT molecular complexity index is 1640. The van der Waals surface area contributed by atoms with Crippen LogP contribution in [0, 0.1) is 27.9 Å². The number of nitro groups is 1. The fourth-order valence-corrected chi connectivity index (χ4v) is 7.60. The van der Waals surface area contributed by atoms with Gasteiger partial charge >= 0.3 is 12.1 Å². The van der Waals surface area contributed by atoms with E-state index < -0.39 is 53.0 Å². The maximum atomic E-state index is 14.2. The number of thiazole rings is 1. The second-order valence-corrected chi connectivity index (χ2v) is 15.7. The predicted molar refractivity (Wildman–Crippen MR) is 208 cm³/mol. The molecule has 1 aliphatic heterocycles. The lowest BCUT2D eigenvalue weighted by Crippen LogP contribution is -2.58. The third-order valence-corrected chi connectivity index (χ3v) is 11.4. The molecule has 4 amide bonds. The Morgan fingerprint density at radius 3 is 2.33 bits per heavy atom. The Morgan fingerprint density at radius 1 is 1.09 bits per heavy atom. The highest BCUT2D eigenvalue weighted by Crippen LogP contribution is 2.31. The lowest BCUT2D eigenvalue weighted by atomic mass is 9.92. The first kappa shape index (κ1) is 44.8. The van der Waals surface area contributed by atoms with Crippen molar-refractivity contribution in [2.45, 2.75) is 110 Å². The second-order valence-electron chi connectivity index (χ2n) is 14.8. The molecule has 1 aromatic carbocycles. The van der Waals surface area contributed by atoms with Gasteiger partial charge in [0.2, 0.25) is 11.8 Å². The van der Waals surface area contributed by atoms with Crippen LogP contribution in [0.4, 0.5) is 10.5 Å². The summed E-state index contributed by atoms with van der Waals surface area (Å²) in [5, 5.41) is 30.9. The number of hydrogen-bond donors (Lipinski definition) is 4. The van der Waals surface area contributed by atoms with E-state index in [1.54, 1.807) is 24.1 Å². The number of benzene rings is 1.